The van der Waals surface area contributed by atoms with Crippen LogP contribution in [0.15, 0.2) is 24.3 Å². The largest absolute Gasteiger partial charge is 0.465 e. The Bertz CT molecular complexity index is 317. The Morgan fingerprint density at radius 1 is 1.47 bits per heavy atom. The van der Waals surface area contributed by atoms with E-state index in [9.17, 15) is 4.79 Å². The number of carbonyl (C=O) groups is 1. The van der Waals surface area contributed by atoms with Gasteiger partial charge in [-0.3, -0.25) is 0 Å². The third kappa shape index (κ3) is 2.78. The summed E-state index contributed by atoms with van der Waals surface area (Å²) in [5.41, 5.74) is 6.91. The molecule has 0 aliphatic rings. The number of benzene rings is 1. The Balaban J connectivity index is 2.84. The maximum absolute atomic E-state index is 11.1. The third-order valence-electron chi connectivity index (χ3n) is 2.31. The molecular formula is C11H15NO3. The van der Waals surface area contributed by atoms with Crippen molar-refractivity contribution in [2.75, 3.05) is 20.3 Å². The highest BCUT2D eigenvalue weighted by Gasteiger charge is 2.09. The molecule has 1 aromatic rings. The average molecular weight is 209 g/mol. The smallest absolute Gasteiger partial charge is 0.337 e. The van der Waals surface area contributed by atoms with Crippen LogP contribution in [0.2, 0.25) is 0 Å². The van der Waals surface area contributed by atoms with E-state index < -0.39 is 0 Å². The Morgan fingerprint density at radius 3 is 2.47 bits per heavy atom. The quantitative estimate of drug-likeness (QED) is 0.708. The van der Waals surface area contributed by atoms with Crippen molar-refractivity contribution in [2.24, 2.45) is 5.73 Å². The van der Waals surface area contributed by atoms with Gasteiger partial charge in [-0.1, -0.05) is 12.1 Å². The molecule has 0 amide bonds. The normalized spacial score (nSPS) is 12.2. The third-order valence-corrected chi connectivity index (χ3v) is 2.31. The van der Waals surface area contributed by atoms with Gasteiger partial charge in [0.25, 0.3) is 0 Å². The monoisotopic (exact) mass is 209 g/mol. The first-order valence-corrected chi connectivity index (χ1v) is 4.72. The van der Waals surface area contributed by atoms with Crippen LogP contribution in [0.4, 0.5) is 0 Å². The fourth-order valence-corrected chi connectivity index (χ4v) is 1.33. The van der Waals surface area contributed by atoms with Crippen molar-refractivity contribution in [1.29, 1.82) is 0 Å². The summed E-state index contributed by atoms with van der Waals surface area (Å²) in [5.74, 6) is -0.438. The fourth-order valence-electron chi connectivity index (χ4n) is 1.33. The summed E-state index contributed by atoms with van der Waals surface area (Å²) in [6, 6.07) is 6.89. The minimum absolute atomic E-state index is 0.00801. The second-order valence-electron chi connectivity index (χ2n) is 3.23. The molecule has 1 atom stereocenters. The minimum atomic E-state index is -0.366. The van der Waals surface area contributed by atoms with Crippen LogP contribution in [0.5, 0.6) is 0 Å². The van der Waals surface area contributed by atoms with Crippen LogP contribution in [0.3, 0.4) is 0 Å². The zero-order chi connectivity index (χ0) is 11.3. The SMILES string of the molecule is COC(=O)c1ccc(C(CN)CO)cc1. The van der Waals surface area contributed by atoms with E-state index in [0.717, 1.165) is 5.56 Å². The van der Waals surface area contributed by atoms with Gasteiger partial charge in [0.15, 0.2) is 0 Å². The zero-order valence-corrected chi connectivity index (χ0v) is 8.64. The lowest BCUT2D eigenvalue weighted by atomic mass is 9.99. The fraction of sp³-hybridized carbons (Fsp3) is 0.364. The van der Waals surface area contributed by atoms with Crippen LogP contribution in [0.25, 0.3) is 0 Å². The highest BCUT2D eigenvalue weighted by Crippen LogP contribution is 2.15. The van der Waals surface area contributed by atoms with Gasteiger partial charge in [0.05, 0.1) is 19.3 Å². The number of rotatable bonds is 4. The van der Waals surface area contributed by atoms with Crippen molar-refractivity contribution in [1.82, 2.24) is 0 Å². The van der Waals surface area contributed by atoms with E-state index in [1.54, 1.807) is 24.3 Å². The van der Waals surface area contributed by atoms with E-state index in [0.29, 0.717) is 12.1 Å². The molecule has 0 aliphatic heterocycles. The van der Waals surface area contributed by atoms with Crippen LogP contribution in [-0.4, -0.2) is 31.3 Å². The number of hydrogen-bond acceptors (Lipinski definition) is 4. The Labute approximate surface area is 88.7 Å². The van der Waals surface area contributed by atoms with Gasteiger partial charge in [0.2, 0.25) is 0 Å². The van der Waals surface area contributed by atoms with E-state index in [1.807, 2.05) is 0 Å². The lowest BCUT2D eigenvalue weighted by Crippen LogP contribution is -2.16. The van der Waals surface area contributed by atoms with Crippen molar-refractivity contribution in [3.63, 3.8) is 0 Å². The summed E-state index contributed by atoms with van der Waals surface area (Å²) >= 11 is 0. The van der Waals surface area contributed by atoms with Crippen molar-refractivity contribution in [2.45, 2.75) is 5.92 Å². The van der Waals surface area contributed by atoms with Crippen molar-refractivity contribution in [3.8, 4) is 0 Å². The van der Waals surface area contributed by atoms with Gasteiger partial charge >= 0.3 is 5.97 Å². The van der Waals surface area contributed by atoms with Gasteiger partial charge in [0.1, 0.15) is 0 Å². The maximum atomic E-state index is 11.1. The van der Waals surface area contributed by atoms with Crippen LogP contribution < -0.4 is 5.73 Å². The summed E-state index contributed by atoms with van der Waals surface area (Å²) in [4.78, 5) is 11.1. The van der Waals surface area contributed by atoms with Gasteiger partial charge in [-0.2, -0.15) is 0 Å². The molecule has 1 unspecified atom stereocenters. The topological polar surface area (TPSA) is 72.5 Å². The van der Waals surface area contributed by atoms with E-state index in [1.165, 1.54) is 7.11 Å². The molecule has 1 rings (SSSR count). The van der Waals surface area contributed by atoms with E-state index in [2.05, 4.69) is 4.74 Å². The van der Waals surface area contributed by atoms with Gasteiger partial charge in [-0.25, -0.2) is 4.79 Å². The van der Waals surface area contributed by atoms with Crippen LogP contribution >= 0.6 is 0 Å². The molecule has 4 heteroatoms. The molecule has 0 bridgehead atoms. The molecule has 0 saturated heterocycles. The van der Waals surface area contributed by atoms with Crippen LogP contribution in [0.1, 0.15) is 21.8 Å². The molecule has 4 nitrogen and oxygen atoms in total. The van der Waals surface area contributed by atoms with Gasteiger partial charge in [0, 0.05) is 12.5 Å². The van der Waals surface area contributed by atoms with Crippen molar-refractivity contribution >= 4 is 5.97 Å². The molecule has 0 saturated carbocycles. The molecule has 0 radical (unpaired) electrons. The average Bonchev–Trinajstić information content (AvgIpc) is 2.30. The summed E-state index contributed by atoms with van der Waals surface area (Å²) < 4.78 is 4.58. The van der Waals surface area contributed by atoms with E-state index >= 15 is 0 Å². The molecule has 0 aliphatic carbocycles. The highest BCUT2D eigenvalue weighted by molar-refractivity contribution is 5.89. The standard InChI is InChI=1S/C11H15NO3/c1-15-11(14)9-4-2-8(3-5-9)10(6-12)7-13/h2-5,10,13H,6-7,12H2,1H3. The first kappa shape index (κ1) is 11.7. The zero-order valence-electron chi connectivity index (χ0n) is 8.64. The Morgan fingerprint density at radius 2 is 2.07 bits per heavy atom. The van der Waals surface area contributed by atoms with E-state index in [-0.39, 0.29) is 18.5 Å². The molecule has 0 spiro atoms. The molecule has 15 heavy (non-hydrogen) atoms. The Kier molecular flexibility index (Phi) is 4.27. The second-order valence-corrected chi connectivity index (χ2v) is 3.23. The molecule has 0 aromatic heterocycles. The maximum Gasteiger partial charge on any atom is 0.337 e. The summed E-state index contributed by atoms with van der Waals surface area (Å²) in [5, 5.41) is 9.03. The number of ether oxygens (including phenoxy) is 1. The lowest BCUT2D eigenvalue weighted by molar-refractivity contribution is 0.0600. The van der Waals surface area contributed by atoms with Crippen molar-refractivity contribution in [3.05, 3.63) is 35.4 Å². The van der Waals surface area contributed by atoms with E-state index in [4.69, 9.17) is 10.8 Å². The molecule has 82 valence electrons. The number of carbonyl (C=O) groups excluding carboxylic acids is 1. The van der Waals surface area contributed by atoms with Crippen molar-refractivity contribution < 1.29 is 14.6 Å². The minimum Gasteiger partial charge on any atom is -0.465 e. The number of aliphatic hydroxyl groups excluding tert-OH is 1. The molecule has 3 N–H and O–H groups in total. The summed E-state index contributed by atoms with van der Waals surface area (Å²) in [7, 11) is 1.34. The first-order valence-electron chi connectivity index (χ1n) is 4.72. The van der Waals surface area contributed by atoms with Crippen LogP contribution in [0, 0.1) is 0 Å². The molecule has 1 aromatic carbocycles. The highest BCUT2D eigenvalue weighted by atomic mass is 16.5. The van der Waals surface area contributed by atoms with Crippen LogP contribution in [-0.2, 0) is 4.74 Å². The number of nitrogens with two attached hydrogens (primary N) is 1. The molecule has 0 fully saturated rings. The summed E-state index contributed by atoms with van der Waals surface area (Å²) in [6.45, 7) is 0.391. The number of hydrogen-bond donors (Lipinski definition) is 2. The lowest BCUT2D eigenvalue weighted by Gasteiger charge is -2.11. The number of aliphatic hydroxyl groups is 1. The predicted octanol–water partition coefficient (Wildman–Crippen LogP) is 0.508. The Hall–Kier alpha value is -1.39. The number of methoxy groups -OCH3 is 1. The van der Waals surface area contributed by atoms with Gasteiger partial charge in [-0.15, -0.1) is 0 Å². The molecular weight excluding hydrogens is 194 g/mol. The second kappa shape index (κ2) is 5.48. The predicted molar refractivity (Wildman–Crippen MR) is 56.7 cm³/mol. The number of esters is 1. The first-order chi connectivity index (χ1) is 7.22. The summed E-state index contributed by atoms with van der Waals surface area (Å²) in [6.07, 6.45) is 0. The van der Waals surface area contributed by atoms with Gasteiger partial charge < -0.3 is 15.6 Å². The molecule has 0 heterocycles. The van der Waals surface area contributed by atoms with Gasteiger partial charge in [-0.05, 0) is 17.7 Å².